The SMILES string of the molecule is CCOC(=O)C1CCCN(C(=O)c2oc3c(c2C)C(=O)C(=O)c2ccccc2-3)C1. The molecule has 0 spiro atoms. The molecule has 150 valence electrons. The molecule has 1 aliphatic heterocycles. The van der Waals surface area contributed by atoms with Crippen LogP contribution in [0.4, 0.5) is 0 Å². The van der Waals surface area contributed by atoms with Gasteiger partial charge in [-0.05, 0) is 26.7 Å². The van der Waals surface area contributed by atoms with Gasteiger partial charge in [-0.1, -0.05) is 24.3 Å². The second-order valence-corrected chi connectivity index (χ2v) is 7.31. The van der Waals surface area contributed by atoms with Crippen LogP contribution < -0.4 is 0 Å². The molecule has 0 saturated carbocycles. The third kappa shape index (κ3) is 3.06. The lowest BCUT2D eigenvalue weighted by Gasteiger charge is -2.31. The van der Waals surface area contributed by atoms with Gasteiger partial charge in [-0.3, -0.25) is 19.2 Å². The zero-order valence-corrected chi connectivity index (χ0v) is 16.3. The highest BCUT2D eigenvalue weighted by Crippen LogP contribution is 2.38. The van der Waals surface area contributed by atoms with E-state index in [2.05, 4.69) is 0 Å². The number of furan rings is 1. The summed E-state index contributed by atoms with van der Waals surface area (Å²) in [5, 5.41) is 0. The topological polar surface area (TPSA) is 93.9 Å². The van der Waals surface area contributed by atoms with Crippen molar-refractivity contribution in [1.29, 1.82) is 0 Å². The van der Waals surface area contributed by atoms with E-state index in [4.69, 9.17) is 9.15 Å². The Hall–Kier alpha value is -3.22. The normalized spacial score (nSPS) is 18.3. The van der Waals surface area contributed by atoms with Crippen molar-refractivity contribution in [2.45, 2.75) is 26.7 Å². The Labute approximate surface area is 167 Å². The Morgan fingerprint density at radius 3 is 2.62 bits per heavy atom. The van der Waals surface area contributed by atoms with Crippen LogP contribution in [0.25, 0.3) is 11.3 Å². The zero-order valence-electron chi connectivity index (χ0n) is 16.3. The van der Waals surface area contributed by atoms with Gasteiger partial charge in [0, 0.05) is 29.8 Å². The van der Waals surface area contributed by atoms with E-state index in [1.165, 1.54) is 0 Å². The maximum Gasteiger partial charge on any atom is 0.310 e. The van der Waals surface area contributed by atoms with Gasteiger partial charge in [0.25, 0.3) is 5.91 Å². The Morgan fingerprint density at radius 2 is 1.90 bits per heavy atom. The van der Waals surface area contributed by atoms with Crippen molar-refractivity contribution >= 4 is 23.4 Å². The number of ether oxygens (including phenoxy) is 1. The number of Topliss-reactive ketones (excluding diaryl/α,β-unsaturated/α-hetero) is 2. The molecule has 1 aromatic heterocycles. The average Bonchev–Trinajstić information content (AvgIpc) is 3.09. The number of esters is 1. The molecule has 29 heavy (non-hydrogen) atoms. The van der Waals surface area contributed by atoms with Gasteiger partial charge in [0.05, 0.1) is 18.1 Å². The lowest BCUT2D eigenvalue weighted by Crippen LogP contribution is -2.42. The molecular weight excluding hydrogens is 374 g/mol. The maximum atomic E-state index is 13.1. The molecule has 7 heteroatoms. The molecule has 2 aromatic rings. The van der Waals surface area contributed by atoms with E-state index in [-0.39, 0.29) is 47.0 Å². The van der Waals surface area contributed by atoms with Crippen molar-refractivity contribution in [3.8, 4) is 11.3 Å². The molecule has 1 atom stereocenters. The Balaban J connectivity index is 1.69. The number of nitrogens with zero attached hydrogens (tertiary/aromatic N) is 1. The number of fused-ring (bicyclic) bond motifs is 3. The molecule has 2 aliphatic rings. The van der Waals surface area contributed by atoms with Gasteiger partial charge in [-0.15, -0.1) is 0 Å². The van der Waals surface area contributed by atoms with Gasteiger partial charge >= 0.3 is 5.97 Å². The number of amides is 1. The Bertz CT molecular complexity index is 1030. The maximum absolute atomic E-state index is 13.1. The summed E-state index contributed by atoms with van der Waals surface area (Å²) in [4.78, 5) is 51.9. The molecular formula is C22H21NO6. The van der Waals surface area contributed by atoms with E-state index in [0.29, 0.717) is 37.1 Å². The number of carbonyl (C=O) groups excluding carboxylic acids is 4. The smallest absolute Gasteiger partial charge is 0.310 e. The molecule has 0 bridgehead atoms. The van der Waals surface area contributed by atoms with Crippen LogP contribution in [0.3, 0.4) is 0 Å². The Kier molecular flexibility index (Phi) is 4.82. The molecule has 1 saturated heterocycles. The van der Waals surface area contributed by atoms with Gasteiger partial charge < -0.3 is 14.1 Å². The predicted molar refractivity (Wildman–Crippen MR) is 103 cm³/mol. The molecule has 7 nitrogen and oxygen atoms in total. The van der Waals surface area contributed by atoms with Crippen molar-refractivity contribution in [2.24, 2.45) is 5.92 Å². The third-order valence-corrected chi connectivity index (χ3v) is 5.52. The fourth-order valence-electron chi connectivity index (χ4n) is 4.05. The molecule has 1 aromatic carbocycles. The van der Waals surface area contributed by atoms with Crippen LogP contribution in [0.15, 0.2) is 28.7 Å². The lowest BCUT2D eigenvalue weighted by atomic mass is 9.87. The van der Waals surface area contributed by atoms with Crippen LogP contribution in [0.2, 0.25) is 0 Å². The van der Waals surface area contributed by atoms with Crippen LogP contribution in [0.5, 0.6) is 0 Å². The van der Waals surface area contributed by atoms with Crippen molar-refractivity contribution in [2.75, 3.05) is 19.7 Å². The van der Waals surface area contributed by atoms with Gasteiger partial charge in [0.15, 0.2) is 5.76 Å². The van der Waals surface area contributed by atoms with E-state index in [1.54, 1.807) is 43.0 Å². The number of hydrogen-bond acceptors (Lipinski definition) is 6. The van der Waals surface area contributed by atoms with Crippen LogP contribution >= 0.6 is 0 Å². The van der Waals surface area contributed by atoms with E-state index >= 15 is 0 Å². The highest BCUT2D eigenvalue weighted by Gasteiger charge is 2.39. The number of hydrogen-bond donors (Lipinski definition) is 0. The van der Waals surface area contributed by atoms with Crippen molar-refractivity contribution in [3.63, 3.8) is 0 Å². The summed E-state index contributed by atoms with van der Waals surface area (Å²) in [6.07, 6.45) is 1.34. The highest BCUT2D eigenvalue weighted by molar-refractivity contribution is 6.53. The van der Waals surface area contributed by atoms with E-state index < -0.39 is 11.6 Å². The predicted octanol–water partition coefficient (Wildman–Crippen LogP) is 3.05. The molecule has 1 amide bonds. The van der Waals surface area contributed by atoms with Gasteiger partial charge in [-0.25, -0.2) is 0 Å². The third-order valence-electron chi connectivity index (χ3n) is 5.52. The minimum absolute atomic E-state index is 0.0392. The molecule has 1 unspecified atom stereocenters. The van der Waals surface area contributed by atoms with Crippen LogP contribution in [-0.4, -0.2) is 48.0 Å². The highest BCUT2D eigenvalue weighted by atomic mass is 16.5. The van der Waals surface area contributed by atoms with Crippen molar-refractivity contribution in [3.05, 3.63) is 46.7 Å². The van der Waals surface area contributed by atoms with E-state index in [0.717, 1.165) is 0 Å². The molecule has 1 fully saturated rings. The fourth-order valence-corrected chi connectivity index (χ4v) is 4.05. The minimum Gasteiger partial charge on any atom is -0.466 e. The van der Waals surface area contributed by atoms with Gasteiger partial charge in [0.1, 0.15) is 5.76 Å². The quantitative estimate of drug-likeness (QED) is 0.586. The first-order valence-corrected chi connectivity index (χ1v) is 9.71. The fraction of sp³-hybridized carbons (Fsp3) is 0.364. The average molecular weight is 395 g/mol. The van der Waals surface area contributed by atoms with E-state index in [1.807, 2.05) is 0 Å². The van der Waals surface area contributed by atoms with Crippen LogP contribution in [0.1, 0.15) is 56.6 Å². The molecule has 0 N–H and O–H groups in total. The molecule has 0 radical (unpaired) electrons. The van der Waals surface area contributed by atoms with Gasteiger partial charge in [-0.2, -0.15) is 0 Å². The number of ketones is 2. The van der Waals surface area contributed by atoms with E-state index in [9.17, 15) is 19.2 Å². The number of carbonyl (C=O) groups is 4. The summed E-state index contributed by atoms with van der Waals surface area (Å²) >= 11 is 0. The second kappa shape index (κ2) is 7.31. The summed E-state index contributed by atoms with van der Waals surface area (Å²) in [7, 11) is 0. The summed E-state index contributed by atoms with van der Waals surface area (Å²) in [5.74, 6) is -2.04. The zero-order chi connectivity index (χ0) is 20.7. The molecule has 4 rings (SSSR count). The summed E-state index contributed by atoms with van der Waals surface area (Å²) in [6.45, 7) is 4.38. The number of likely N-dealkylation sites (tertiary alicyclic amines) is 1. The second-order valence-electron chi connectivity index (χ2n) is 7.31. The van der Waals surface area contributed by atoms with Gasteiger partial charge in [0.2, 0.25) is 11.6 Å². The van der Waals surface area contributed by atoms with Crippen LogP contribution in [-0.2, 0) is 9.53 Å². The lowest BCUT2D eigenvalue weighted by molar-refractivity contribution is -0.149. The van der Waals surface area contributed by atoms with Crippen LogP contribution in [0, 0.1) is 12.8 Å². The van der Waals surface area contributed by atoms with Crippen molar-refractivity contribution in [1.82, 2.24) is 4.90 Å². The first-order valence-electron chi connectivity index (χ1n) is 9.71. The monoisotopic (exact) mass is 395 g/mol. The molecule has 1 aliphatic carbocycles. The summed E-state index contributed by atoms with van der Waals surface area (Å²) < 4.78 is 10.9. The number of piperidine rings is 1. The number of benzene rings is 1. The summed E-state index contributed by atoms with van der Waals surface area (Å²) in [5.41, 5.74) is 1.29. The Morgan fingerprint density at radius 1 is 1.17 bits per heavy atom. The minimum atomic E-state index is -0.665. The summed E-state index contributed by atoms with van der Waals surface area (Å²) in [6, 6.07) is 6.71. The van der Waals surface area contributed by atoms with Crippen molar-refractivity contribution < 1.29 is 28.3 Å². The standard InChI is InChI=1S/C22H21NO6/c1-3-28-22(27)13-7-6-10-23(11-13)21(26)19-12(2)16-18(25)17(24)14-8-4-5-9-15(14)20(16)29-19/h4-5,8-9,13H,3,6-7,10-11H2,1-2H3. The molecule has 2 heterocycles. The first kappa shape index (κ1) is 19.1. The largest absolute Gasteiger partial charge is 0.466 e. The number of rotatable bonds is 3. The first-order chi connectivity index (χ1) is 13.9.